The van der Waals surface area contributed by atoms with Crippen molar-refractivity contribution in [1.29, 1.82) is 0 Å². The van der Waals surface area contributed by atoms with Gasteiger partial charge in [0.15, 0.2) is 4.34 Å². The Kier molecular flexibility index (Phi) is 5.46. The molecule has 3 rings (SSSR count). The van der Waals surface area contributed by atoms with E-state index >= 15 is 0 Å². The van der Waals surface area contributed by atoms with Crippen LogP contribution < -0.4 is 5.32 Å². The van der Waals surface area contributed by atoms with Crippen LogP contribution in [0.4, 0.5) is 5.69 Å². The monoisotopic (exact) mass is 394 g/mol. The van der Waals surface area contributed by atoms with Crippen molar-refractivity contribution >= 4 is 74.2 Å². The molecule has 0 aliphatic carbocycles. The van der Waals surface area contributed by atoms with Gasteiger partial charge in [-0.3, -0.25) is 4.79 Å². The quantitative estimate of drug-likeness (QED) is 0.437. The number of hydrogen-bond donors (Lipinski definition) is 1. The molecular formula is C17H12Cl2N2OS2. The smallest absolute Gasteiger partial charge is 0.248 e. The molecule has 1 heterocycles. The molecule has 1 aromatic heterocycles. The molecule has 0 atom stereocenters. The van der Waals surface area contributed by atoms with Crippen molar-refractivity contribution in [3.8, 4) is 0 Å². The molecule has 24 heavy (non-hydrogen) atoms. The van der Waals surface area contributed by atoms with Crippen molar-refractivity contribution in [2.24, 2.45) is 0 Å². The molecule has 1 amide bonds. The van der Waals surface area contributed by atoms with E-state index in [4.69, 9.17) is 23.2 Å². The second-order valence-electron chi connectivity index (χ2n) is 4.85. The van der Waals surface area contributed by atoms with Crippen molar-refractivity contribution in [1.82, 2.24) is 4.98 Å². The third-order valence-electron chi connectivity index (χ3n) is 3.19. The molecule has 0 saturated carbocycles. The maximum absolute atomic E-state index is 12.1. The Morgan fingerprint density at radius 2 is 2.08 bits per heavy atom. The molecule has 0 radical (unpaired) electrons. The minimum atomic E-state index is -0.227. The Morgan fingerprint density at radius 1 is 1.25 bits per heavy atom. The van der Waals surface area contributed by atoms with Gasteiger partial charge in [0.2, 0.25) is 5.91 Å². The van der Waals surface area contributed by atoms with Crippen LogP contribution in [0.25, 0.3) is 16.3 Å². The first-order valence-electron chi connectivity index (χ1n) is 6.94. The highest BCUT2D eigenvalue weighted by atomic mass is 35.5. The van der Waals surface area contributed by atoms with E-state index in [0.717, 1.165) is 25.8 Å². The van der Waals surface area contributed by atoms with Crippen LogP contribution in [0.15, 0.2) is 46.8 Å². The number of fused-ring (bicyclic) bond motifs is 1. The zero-order valence-electron chi connectivity index (χ0n) is 12.5. The number of benzene rings is 2. The first kappa shape index (κ1) is 17.3. The predicted octanol–water partition coefficient (Wildman–Crippen LogP) is 5.98. The lowest BCUT2D eigenvalue weighted by Gasteiger charge is -2.02. The summed E-state index contributed by atoms with van der Waals surface area (Å²) in [5.41, 5.74) is 2.40. The fourth-order valence-corrected chi connectivity index (χ4v) is 4.05. The summed E-state index contributed by atoms with van der Waals surface area (Å²) in [4.78, 5) is 16.6. The number of carbonyl (C=O) groups excluding carboxylic acids is 1. The van der Waals surface area contributed by atoms with Crippen LogP contribution in [0, 0.1) is 0 Å². The number of amides is 1. The maximum Gasteiger partial charge on any atom is 0.248 e. The summed E-state index contributed by atoms with van der Waals surface area (Å²) in [6.45, 7) is 0. The van der Waals surface area contributed by atoms with Crippen LogP contribution in [-0.4, -0.2) is 17.1 Å². The number of anilines is 1. The lowest BCUT2D eigenvalue weighted by Crippen LogP contribution is -2.07. The molecule has 0 aliphatic heterocycles. The van der Waals surface area contributed by atoms with Gasteiger partial charge in [-0.05, 0) is 48.2 Å². The number of nitrogens with one attached hydrogen (secondary N) is 1. The van der Waals surface area contributed by atoms with Gasteiger partial charge in [-0.15, -0.1) is 11.3 Å². The summed E-state index contributed by atoms with van der Waals surface area (Å²) in [6.07, 6.45) is 5.09. The molecule has 0 bridgehead atoms. The Morgan fingerprint density at radius 3 is 2.83 bits per heavy atom. The van der Waals surface area contributed by atoms with Crippen LogP contribution in [0.5, 0.6) is 0 Å². The molecule has 122 valence electrons. The number of carbonyl (C=O) groups is 1. The van der Waals surface area contributed by atoms with Gasteiger partial charge in [-0.1, -0.05) is 41.0 Å². The molecule has 0 fully saturated rings. The van der Waals surface area contributed by atoms with E-state index < -0.39 is 0 Å². The Hall–Kier alpha value is -1.53. The minimum Gasteiger partial charge on any atom is -0.322 e. The summed E-state index contributed by atoms with van der Waals surface area (Å²) in [5.74, 6) is -0.227. The summed E-state index contributed by atoms with van der Waals surface area (Å²) < 4.78 is 2.05. The molecule has 0 aliphatic rings. The Balaban J connectivity index is 1.73. The molecule has 0 spiro atoms. The Labute approximate surface area is 157 Å². The minimum absolute atomic E-state index is 0.227. The molecular weight excluding hydrogens is 383 g/mol. The van der Waals surface area contributed by atoms with Crippen LogP contribution in [-0.2, 0) is 4.79 Å². The van der Waals surface area contributed by atoms with Crippen molar-refractivity contribution in [2.75, 3.05) is 11.6 Å². The second-order valence-corrected chi connectivity index (χ2v) is 7.78. The van der Waals surface area contributed by atoms with Gasteiger partial charge in [-0.2, -0.15) is 0 Å². The van der Waals surface area contributed by atoms with Crippen LogP contribution in [0.3, 0.4) is 0 Å². The number of thioether (sulfide) groups is 1. The lowest BCUT2D eigenvalue weighted by molar-refractivity contribution is -0.111. The molecule has 0 unspecified atom stereocenters. The molecule has 1 N–H and O–H groups in total. The largest absolute Gasteiger partial charge is 0.322 e. The average molecular weight is 395 g/mol. The maximum atomic E-state index is 12.1. The summed E-state index contributed by atoms with van der Waals surface area (Å²) in [7, 11) is 0. The summed E-state index contributed by atoms with van der Waals surface area (Å²) in [5, 5.41) is 3.90. The highest BCUT2D eigenvalue weighted by molar-refractivity contribution is 8.00. The number of nitrogens with zero attached hydrogens (tertiary/aromatic N) is 1. The van der Waals surface area contributed by atoms with Gasteiger partial charge in [-0.25, -0.2) is 4.98 Å². The highest BCUT2D eigenvalue weighted by Crippen LogP contribution is 2.30. The van der Waals surface area contributed by atoms with Crippen molar-refractivity contribution in [2.45, 2.75) is 4.34 Å². The van der Waals surface area contributed by atoms with Gasteiger partial charge >= 0.3 is 0 Å². The van der Waals surface area contributed by atoms with E-state index in [2.05, 4.69) is 10.3 Å². The van der Waals surface area contributed by atoms with Crippen LogP contribution >= 0.6 is 46.3 Å². The van der Waals surface area contributed by atoms with Gasteiger partial charge < -0.3 is 5.32 Å². The van der Waals surface area contributed by atoms with Crippen LogP contribution in [0.2, 0.25) is 10.0 Å². The topological polar surface area (TPSA) is 42.0 Å². The van der Waals surface area contributed by atoms with Gasteiger partial charge in [0.1, 0.15) is 0 Å². The zero-order chi connectivity index (χ0) is 17.1. The van der Waals surface area contributed by atoms with E-state index in [-0.39, 0.29) is 5.91 Å². The lowest BCUT2D eigenvalue weighted by atomic mass is 10.2. The molecule has 3 nitrogen and oxygen atoms in total. The molecule has 0 saturated heterocycles. The summed E-state index contributed by atoms with van der Waals surface area (Å²) in [6, 6.07) is 10.8. The first-order chi connectivity index (χ1) is 11.5. The van der Waals surface area contributed by atoms with Crippen molar-refractivity contribution < 1.29 is 4.79 Å². The number of aromatic nitrogens is 1. The summed E-state index contributed by atoms with van der Waals surface area (Å²) >= 11 is 15.1. The second kappa shape index (κ2) is 7.57. The molecule has 3 aromatic rings. The number of thiazole rings is 1. The average Bonchev–Trinajstić information content (AvgIpc) is 2.96. The van der Waals surface area contributed by atoms with E-state index in [0.29, 0.717) is 10.0 Å². The number of hydrogen-bond acceptors (Lipinski definition) is 4. The van der Waals surface area contributed by atoms with E-state index in [1.54, 1.807) is 47.4 Å². The van der Waals surface area contributed by atoms with Gasteiger partial charge in [0.25, 0.3) is 0 Å². The SMILES string of the molecule is CSc1nc2ccc(NC(=O)C=Cc3ccc(Cl)cc3Cl)cc2s1. The van der Waals surface area contributed by atoms with Crippen molar-refractivity contribution in [3.63, 3.8) is 0 Å². The third kappa shape index (κ3) is 4.11. The van der Waals surface area contributed by atoms with E-state index in [9.17, 15) is 4.79 Å². The molecule has 2 aromatic carbocycles. The fraction of sp³-hybridized carbons (Fsp3) is 0.0588. The Bertz CT molecular complexity index is 937. The van der Waals surface area contributed by atoms with E-state index in [1.165, 1.54) is 6.08 Å². The highest BCUT2D eigenvalue weighted by Gasteiger charge is 2.05. The first-order valence-corrected chi connectivity index (χ1v) is 9.73. The third-order valence-corrected chi connectivity index (χ3v) is 5.75. The van der Waals surface area contributed by atoms with Gasteiger partial charge in [0, 0.05) is 21.8 Å². The zero-order valence-corrected chi connectivity index (χ0v) is 15.7. The van der Waals surface area contributed by atoms with Crippen LogP contribution in [0.1, 0.15) is 5.56 Å². The van der Waals surface area contributed by atoms with E-state index in [1.807, 2.05) is 24.5 Å². The standard InChI is InChI=1S/C17H12Cl2N2OS2/c1-23-17-21-14-6-5-12(9-15(14)24-17)20-16(22)7-3-10-2-4-11(18)8-13(10)19/h2-9H,1H3,(H,20,22). The number of rotatable bonds is 4. The predicted molar refractivity (Wildman–Crippen MR) is 106 cm³/mol. The van der Waals surface area contributed by atoms with Crippen molar-refractivity contribution in [3.05, 3.63) is 58.1 Å². The van der Waals surface area contributed by atoms with Gasteiger partial charge in [0.05, 0.1) is 10.2 Å². The fourth-order valence-electron chi connectivity index (χ4n) is 2.05. The number of halogens is 2. The normalized spacial score (nSPS) is 11.3. The molecule has 7 heteroatoms.